The fraction of sp³-hybridized carbons (Fsp3) is 0.545. The Morgan fingerprint density at radius 1 is 1.18 bits per heavy atom. The van der Waals surface area contributed by atoms with Gasteiger partial charge in [0.1, 0.15) is 30.2 Å². The monoisotopic (exact) mass is 622 g/mol. The molecule has 0 bridgehead atoms. The number of aryl methyl sites for hydroxylation is 1. The van der Waals surface area contributed by atoms with Crippen LogP contribution in [-0.4, -0.2) is 88.1 Å². The zero-order valence-electron chi connectivity index (χ0n) is 25.5. The van der Waals surface area contributed by atoms with E-state index in [1.165, 1.54) is 6.07 Å². The number of hydrogen-bond acceptors (Lipinski definition) is 9. The quantitative estimate of drug-likeness (QED) is 0.364. The molecule has 240 valence electrons. The maximum absolute atomic E-state index is 15.0. The van der Waals surface area contributed by atoms with Crippen LogP contribution in [0.15, 0.2) is 24.3 Å². The molecule has 4 aliphatic heterocycles. The number of phenols is 1. The van der Waals surface area contributed by atoms with Crippen LogP contribution >= 0.6 is 0 Å². The van der Waals surface area contributed by atoms with Gasteiger partial charge in [-0.15, -0.1) is 0 Å². The van der Waals surface area contributed by atoms with Crippen molar-refractivity contribution in [2.24, 2.45) is 11.7 Å². The van der Waals surface area contributed by atoms with E-state index >= 15 is 0 Å². The van der Waals surface area contributed by atoms with Crippen LogP contribution in [0.1, 0.15) is 49.4 Å². The summed E-state index contributed by atoms with van der Waals surface area (Å²) in [5, 5.41) is 22.8. The number of anilines is 2. The third-order valence-corrected chi connectivity index (χ3v) is 10.2. The van der Waals surface area contributed by atoms with Crippen LogP contribution in [0.3, 0.4) is 0 Å². The number of nitrogens with zero attached hydrogens (tertiary/aromatic N) is 5. The number of hydrogen-bond donors (Lipinski definition) is 3. The minimum Gasteiger partial charge on any atom is -0.508 e. The maximum Gasteiger partial charge on any atom is 0.318 e. The number of aromatic nitrogens is 2. The number of aliphatic hydroxyl groups is 1. The second-order valence-electron chi connectivity index (χ2n) is 13.1. The first-order valence-electron chi connectivity index (χ1n) is 16.0. The van der Waals surface area contributed by atoms with Gasteiger partial charge in [-0.05, 0) is 61.7 Å². The van der Waals surface area contributed by atoms with Gasteiger partial charge in [-0.2, -0.15) is 9.97 Å². The van der Waals surface area contributed by atoms with Crippen molar-refractivity contribution >= 4 is 28.2 Å². The van der Waals surface area contributed by atoms with Crippen molar-refractivity contribution in [3.8, 4) is 11.8 Å². The fourth-order valence-electron chi connectivity index (χ4n) is 8.09. The highest BCUT2D eigenvalue weighted by molar-refractivity contribution is 5.98. The predicted octanol–water partition coefficient (Wildman–Crippen LogP) is 3.23. The molecule has 3 aromatic rings. The molecule has 0 spiro atoms. The van der Waals surface area contributed by atoms with Crippen LogP contribution in [0.25, 0.3) is 10.8 Å². The molecule has 4 N–H and O–H groups in total. The van der Waals surface area contributed by atoms with Crippen molar-refractivity contribution in [3.05, 3.63) is 46.9 Å². The van der Waals surface area contributed by atoms with E-state index in [9.17, 15) is 23.8 Å². The number of piperidine rings is 1. The molecule has 12 heteroatoms. The SMILES string of the molecule is CCc1c(F)ccc2cc(O)cc(N3CCc4c(nc(OC[C@@]56CCCN5C[C@H](F)C6)nc4N4C[C@H](O)C[C@H](C(N)=O)C4)C3)c12. The van der Waals surface area contributed by atoms with Gasteiger partial charge < -0.3 is 30.5 Å². The van der Waals surface area contributed by atoms with Crippen molar-refractivity contribution in [2.45, 2.75) is 69.8 Å². The Morgan fingerprint density at radius 2 is 2.02 bits per heavy atom. The molecule has 3 saturated heterocycles. The maximum atomic E-state index is 15.0. The largest absolute Gasteiger partial charge is 0.508 e. The van der Waals surface area contributed by atoms with Crippen molar-refractivity contribution < 1.29 is 28.5 Å². The summed E-state index contributed by atoms with van der Waals surface area (Å²) in [7, 11) is 0. The minimum atomic E-state index is -0.891. The van der Waals surface area contributed by atoms with Crippen molar-refractivity contribution in [3.63, 3.8) is 0 Å². The van der Waals surface area contributed by atoms with Crippen LogP contribution < -0.4 is 20.3 Å². The lowest BCUT2D eigenvalue weighted by Crippen LogP contribution is -2.48. The van der Waals surface area contributed by atoms with Gasteiger partial charge in [-0.3, -0.25) is 9.69 Å². The molecule has 45 heavy (non-hydrogen) atoms. The number of alkyl halides is 1. The molecule has 0 saturated carbocycles. The molecule has 5 heterocycles. The molecule has 0 unspecified atom stereocenters. The molecule has 0 radical (unpaired) electrons. The molecule has 7 rings (SSSR count). The molecule has 2 aromatic carbocycles. The summed E-state index contributed by atoms with van der Waals surface area (Å²) in [4.78, 5) is 28.0. The number of rotatable bonds is 7. The number of amides is 1. The van der Waals surface area contributed by atoms with E-state index in [4.69, 9.17) is 20.4 Å². The number of fused-ring (bicyclic) bond motifs is 3. The van der Waals surface area contributed by atoms with Gasteiger partial charge in [-0.25, -0.2) is 8.78 Å². The van der Waals surface area contributed by atoms with E-state index < -0.39 is 24.1 Å². The van der Waals surface area contributed by atoms with Gasteiger partial charge in [0.05, 0.1) is 29.8 Å². The van der Waals surface area contributed by atoms with Crippen LogP contribution in [0.5, 0.6) is 11.8 Å². The van der Waals surface area contributed by atoms with E-state index in [0.29, 0.717) is 68.9 Å². The highest BCUT2D eigenvalue weighted by Crippen LogP contribution is 2.42. The Hall–Kier alpha value is -3.77. The summed E-state index contributed by atoms with van der Waals surface area (Å²) in [5.74, 6) is -0.606. The summed E-state index contributed by atoms with van der Waals surface area (Å²) >= 11 is 0. The van der Waals surface area contributed by atoms with E-state index in [0.717, 1.165) is 41.4 Å². The molecule has 3 fully saturated rings. The van der Waals surface area contributed by atoms with E-state index in [-0.39, 0.29) is 36.3 Å². The number of aromatic hydroxyl groups is 1. The minimum absolute atomic E-state index is 0.0901. The molecule has 0 aliphatic carbocycles. The molecular formula is C33H40F2N6O4. The highest BCUT2D eigenvalue weighted by atomic mass is 19.1. The topological polar surface area (TPSA) is 128 Å². The number of nitrogens with two attached hydrogens (primary N) is 1. The lowest BCUT2D eigenvalue weighted by atomic mass is 9.94. The summed E-state index contributed by atoms with van der Waals surface area (Å²) in [6, 6.07) is 6.60. The first-order chi connectivity index (χ1) is 21.6. The summed E-state index contributed by atoms with van der Waals surface area (Å²) < 4.78 is 35.7. The third kappa shape index (κ3) is 5.41. The normalized spacial score (nSPS) is 26.7. The van der Waals surface area contributed by atoms with Crippen LogP contribution in [0, 0.1) is 11.7 Å². The smallest absolute Gasteiger partial charge is 0.318 e. The molecule has 4 aliphatic rings. The van der Waals surface area contributed by atoms with E-state index in [2.05, 4.69) is 9.80 Å². The molecular weight excluding hydrogens is 582 g/mol. The average Bonchev–Trinajstić information content (AvgIpc) is 3.54. The van der Waals surface area contributed by atoms with Gasteiger partial charge in [-0.1, -0.05) is 13.0 Å². The lowest BCUT2D eigenvalue weighted by Gasteiger charge is -2.38. The number of aliphatic hydroxyl groups excluding tert-OH is 1. The Labute approximate surface area is 260 Å². The van der Waals surface area contributed by atoms with Crippen molar-refractivity contribution in [2.75, 3.05) is 49.1 Å². The third-order valence-electron chi connectivity index (χ3n) is 10.2. The molecule has 10 nitrogen and oxygen atoms in total. The zero-order chi connectivity index (χ0) is 31.5. The van der Waals surface area contributed by atoms with Gasteiger partial charge in [0.15, 0.2) is 0 Å². The number of carbonyl (C=O) groups excluding carboxylic acids is 1. The van der Waals surface area contributed by atoms with Crippen LogP contribution in [0.2, 0.25) is 0 Å². The van der Waals surface area contributed by atoms with Crippen LogP contribution in [0.4, 0.5) is 20.3 Å². The van der Waals surface area contributed by atoms with Gasteiger partial charge in [0, 0.05) is 55.3 Å². The Morgan fingerprint density at radius 3 is 2.82 bits per heavy atom. The Kier molecular flexibility index (Phi) is 7.67. The number of benzene rings is 2. The number of carbonyl (C=O) groups is 1. The lowest BCUT2D eigenvalue weighted by molar-refractivity contribution is -0.123. The predicted molar refractivity (Wildman–Crippen MR) is 166 cm³/mol. The average molecular weight is 623 g/mol. The Balaban J connectivity index is 1.27. The van der Waals surface area contributed by atoms with E-state index in [1.807, 2.05) is 11.8 Å². The molecule has 1 aromatic heterocycles. The first kappa shape index (κ1) is 29.9. The number of primary amides is 1. The number of ether oxygens (including phenoxy) is 1. The Bertz CT molecular complexity index is 1640. The molecule has 4 atom stereocenters. The summed E-state index contributed by atoms with van der Waals surface area (Å²) in [5.41, 5.74) is 8.18. The van der Waals surface area contributed by atoms with Gasteiger partial charge in [0.25, 0.3) is 0 Å². The fourth-order valence-corrected chi connectivity index (χ4v) is 8.09. The highest BCUT2D eigenvalue weighted by Gasteiger charge is 2.49. The number of phenolic OH excluding ortho intramolecular Hbond substituents is 1. The van der Waals surface area contributed by atoms with Gasteiger partial charge >= 0.3 is 6.01 Å². The molecule has 1 amide bonds. The van der Waals surface area contributed by atoms with Crippen molar-refractivity contribution in [1.29, 1.82) is 0 Å². The summed E-state index contributed by atoms with van der Waals surface area (Å²) in [6.07, 6.45) is 1.92. The van der Waals surface area contributed by atoms with Gasteiger partial charge in [0.2, 0.25) is 5.91 Å². The standard InChI is InChI=1S/C33H40F2N6O4/c1-2-24-26(35)5-4-19-10-22(42)12-28(29(19)24)39-9-6-25-27(17-39)37-32(45-18-33-7-3-8-41(33)15-21(34)13-33)38-31(25)40-14-20(30(36)44)11-23(43)16-40/h4-5,10,12,20-21,23,42-43H,2-3,6-9,11,13-18H2,1H3,(H2,36,44)/t20-,21+,23+,33-/m0/s1. The second kappa shape index (κ2) is 11.5. The first-order valence-corrected chi connectivity index (χ1v) is 16.0. The number of β-amino-alcohol motifs (C(OH)–C–C–N with tert-alkyl or cyclic N) is 1. The summed E-state index contributed by atoms with van der Waals surface area (Å²) in [6.45, 7) is 4.92. The zero-order valence-corrected chi connectivity index (χ0v) is 25.5. The second-order valence-corrected chi connectivity index (χ2v) is 13.1. The number of halogens is 2. The van der Waals surface area contributed by atoms with Crippen LogP contribution in [-0.2, 0) is 24.2 Å². The van der Waals surface area contributed by atoms with Crippen molar-refractivity contribution in [1.82, 2.24) is 14.9 Å². The van der Waals surface area contributed by atoms with E-state index in [1.54, 1.807) is 18.2 Å².